The number of amides is 3. The van der Waals surface area contributed by atoms with Crippen LogP contribution in [0, 0.1) is 11.8 Å². The molecule has 0 radical (unpaired) electrons. The maximum absolute atomic E-state index is 13.4. The van der Waals surface area contributed by atoms with Gasteiger partial charge in [-0.3, -0.25) is 29.6 Å². The zero-order valence-corrected chi connectivity index (χ0v) is 30.1. The van der Waals surface area contributed by atoms with Gasteiger partial charge in [0.15, 0.2) is 0 Å². The maximum Gasteiger partial charge on any atom is 0.276 e. The largest absolute Gasteiger partial charge is 0.496 e. The normalized spacial score (nSPS) is 18.8. The van der Waals surface area contributed by atoms with Crippen molar-refractivity contribution in [2.75, 3.05) is 50.6 Å². The van der Waals surface area contributed by atoms with Crippen molar-refractivity contribution in [2.24, 2.45) is 18.9 Å². The predicted molar refractivity (Wildman–Crippen MR) is 199 cm³/mol. The molecule has 3 saturated heterocycles. The van der Waals surface area contributed by atoms with Gasteiger partial charge in [-0.2, -0.15) is 5.10 Å². The first kappa shape index (κ1) is 35.1. The van der Waals surface area contributed by atoms with Gasteiger partial charge in [0.1, 0.15) is 23.1 Å². The number of likely N-dealkylation sites (tertiary alicyclic amines) is 1. The molecule has 1 unspecified atom stereocenters. The van der Waals surface area contributed by atoms with E-state index in [4.69, 9.17) is 9.47 Å². The molecular weight excluding hydrogens is 662 g/mol. The van der Waals surface area contributed by atoms with Crippen molar-refractivity contribution in [3.63, 3.8) is 0 Å². The number of piperidine rings is 3. The van der Waals surface area contributed by atoms with Gasteiger partial charge in [0, 0.05) is 80.2 Å². The standard InChI is InChI=1S/C39H47N7O6/c1-44-23-31(30-22-40-43-37(30)39(44)50)26-20-33(51-2)29(34(21-26)52-3)18-24-12-16-46(17-13-24)36(48)19-25-10-14-45(15-11-25)28-6-4-27(5-7-28)41-32-8-9-35(47)42-38(32)49/h4-7,20-25,32,41H,8-19H2,1-3H3,(H,40,43)(H,42,47,49). The number of carbonyl (C=O) groups excluding carboxylic acids is 3. The highest BCUT2D eigenvalue weighted by atomic mass is 16.5. The van der Waals surface area contributed by atoms with Gasteiger partial charge in [-0.15, -0.1) is 0 Å². The minimum absolute atomic E-state index is 0.135. The molecule has 2 aromatic carbocycles. The Hall–Kier alpha value is -5.33. The first-order valence-corrected chi connectivity index (χ1v) is 18.2. The van der Waals surface area contributed by atoms with Crippen LogP contribution in [-0.4, -0.2) is 83.8 Å². The number of pyridine rings is 1. The van der Waals surface area contributed by atoms with Crippen molar-refractivity contribution in [2.45, 2.75) is 57.4 Å². The molecule has 52 heavy (non-hydrogen) atoms. The minimum Gasteiger partial charge on any atom is -0.496 e. The lowest BCUT2D eigenvalue weighted by molar-refractivity contribution is -0.134. The number of aromatic amines is 1. The van der Waals surface area contributed by atoms with E-state index in [1.807, 2.05) is 35.4 Å². The smallest absolute Gasteiger partial charge is 0.276 e. The van der Waals surface area contributed by atoms with Gasteiger partial charge in [-0.1, -0.05) is 0 Å². The number of H-pyrrole nitrogens is 1. The molecule has 1 atom stereocenters. The summed E-state index contributed by atoms with van der Waals surface area (Å²) in [6.07, 6.45) is 9.48. The molecule has 0 bridgehead atoms. The van der Waals surface area contributed by atoms with E-state index in [2.05, 4.69) is 37.9 Å². The average molecular weight is 710 g/mol. The zero-order valence-electron chi connectivity index (χ0n) is 30.1. The van der Waals surface area contributed by atoms with Crippen LogP contribution in [0.25, 0.3) is 22.0 Å². The lowest BCUT2D eigenvalue weighted by atomic mass is 9.87. The number of benzene rings is 2. The number of carbonyl (C=O) groups is 3. The van der Waals surface area contributed by atoms with Gasteiger partial charge < -0.3 is 29.2 Å². The summed E-state index contributed by atoms with van der Waals surface area (Å²) in [6.45, 7) is 3.30. The summed E-state index contributed by atoms with van der Waals surface area (Å²) in [6, 6.07) is 11.7. The number of imide groups is 1. The third-order valence-electron chi connectivity index (χ3n) is 11.1. The number of aryl methyl sites for hydroxylation is 1. The Morgan fingerprint density at radius 1 is 0.923 bits per heavy atom. The Kier molecular flexibility index (Phi) is 10.2. The molecule has 7 rings (SSSR count). The summed E-state index contributed by atoms with van der Waals surface area (Å²) in [5.41, 5.74) is 5.06. The number of hydrogen-bond acceptors (Lipinski definition) is 9. The van der Waals surface area contributed by atoms with Gasteiger partial charge >= 0.3 is 0 Å². The molecule has 13 nitrogen and oxygen atoms in total. The molecule has 2 aromatic heterocycles. The number of nitrogens with one attached hydrogen (secondary N) is 3. The number of methoxy groups -OCH3 is 2. The van der Waals surface area contributed by atoms with Crippen LogP contribution in [0.5, 0.6) is 11.5 Å². The topological polar surface area (TPSA) is 151 Å². The number of hydrogen-bond donors (Lipinski definition) is 3. The molecule has 3 aliphatic rings. The van der Waals surface area contributed by atoms with Crippen molar-refractivity contribution in [3.8, 4) is 22.6 Å². The van der Waals surface area contributed by atoms with E-state index in [1.54, 1.807) is 32.0 Å². The third-order valence-corrected chi connectivity index (χ3v) is 11.1. The average Bonchev–Trinajstić information content (AvgIpc) is 3.66. The van der Waals surface area contributed by atoms with E-state index in [9.17, 15) is 19.2 Å². The Morgan fingerprint density at radius 3 is 2.25 bits per heavy atom. The second-order valence-corrected chi connectivity index (χ2v) is 14.3. The lowest BCUT2D eigenvalue weighted by Gasteiger charge is -2.36. The van der Waals surface area contributed by atoms with Gasteiger partial charge in [0.05, 0.1) is 20.4 Å². The first-order valence-electron chi connectivity index (χ1n) is 18.2. The van der Waals surface area contributed by atoms with Gasteiger partial charge in [0.25, 0.3) is 5.56 Å². The molecule has 0 saturated carbocycles. The van der Waals surface area contributed by atoms with Crippen molar-refractivity contribution < 1.29 is 23.9 Å². The highest BCUT2D eigenvalue weighted by molar-refractivity contribution is 6.01. The summed E-state index contributed by atoms with van der Waals surface area (Å²) in [5.74, 6) is 2.00. The Labute approximate surface area is 302 Å². The monoisotopic (exact) mass is 709 g/mol. The fourth-order valence-electron chi connectivity index (χ4n) is 7.97. The second-order valence-electron chi connectivity index (χ2n) is 14.3. The molecule has 13 heteroatoms. The van der Waals surface area contributed by atoms with E-state index in [-0.39, 0.29) is 23.3 Å². The number of fused-ring (bicyclic) bond motifs is 1. The van der Waals surface area contributed by atoms with Crippen LogP contribution in [0.1, 0.15) is 50.5 Å². The van der Waals surface area contributed by atoms with E-state index in [0.717, 1.165) is 103 Å². The van der Waals surface area contributed by atoms with Gasteiger partial charge in [-0.25, -0.2) is 0 Å². The molecule has 0 spiro atoms. The molecule has 3 amide bonds. The predicted octanol–water partition coefficient (Wildman–Crippen LogP) is 4.25. The van der Waals surface area contributed by atoms with Crippen molar-refractivity contribution in [1.82, 2.24) is 25.0 Å². The van der Waals surface area contributed by atoms with Gasteiger partial charge in [-0.05, 0) is 92.3 Å². The van der Waals surface area contributed by atoms with E-state index in [1.165, 1.54) is 0 Å². The van der Waals surface area contributed by atoms with Crippen LogP contribution >= 0.6 is 0 Å². The first-order chi connectivity index (χ1) is 25.2. The zero-order chi connectivity index (χ0) is 36.4. The quantitative estimate of drug-likeness (QED) is 0.206. The van der Waals surface area contributed by atoms with Crippen molar-refractivity contribution in [1.29, 1.82) is 0 Å². The Bertz CT molecular complexity index is 1980. The summed E-state index contributed by atoms with van der Waals surface area (Å²) < 4.78 is 13.3. The Morgan fingerprint density at radius 2 is 1.60 bits per heavy atom. The van der Waals surface area contributed by atoms with Crippen LogP contribution < -0.4 is 30.6 Å². The molecule has 274 valence electrons. The van der Waals surface area contributed by atoms with Crippen molar-refractivity contribution >= 4 is 40.0 Å². The molecule has 3 aliphatic heterocycles. The van der Waals surface area contributed by atoms with Crippen LogP contribution in [0.4, 0.5) is 11.4 Å². The maximum atomic E-state index is 13.4. The highest BCUT2D eigenvalue weighted by Crippen LogP contribution is 2.39. The summed E-state index contributed by atoms with van der Waals surface area (Å²) in [4.78, 5) is 53.9. The fraction of sp³-hybridized carbons (Fsp3) is 0.462. The highest BCUT2D eigenvalue weighted by Gasteiger charge is 2.29. The minimum atomic E-state index is -0.400. The number of anilines is 2. The summed E-state index contributed by atoms with van der Waals surface area (Å²) in [7, 11) is 5.06. The number of rotatable bonds is 10. The molecule has 0 aliphatic carbocycles. The Balaban J connectivity index is 0.900. The van der Waals surface area contributed by atoms with Gasteiger partial charge in [0.2, 0.25) is 17.7 Å². The van der Waals surface area contributed by atoms with Crippen LogP contribution in [0.15, 0.2) is 53.6 Å². The van der Waals surface area contributed by atoms with Crippen LogP contribution in [0.2, 0.25) is 0 Å². The van der Waals surface area contributed by atoms with E-state index < -0.39 is 6.04 Å². The lowest BCUT2D eigenvalue weighted by Crippen LogP contribution is -2.47. The number of ether oxygens (including phenoxy) is 2. The van der Waals surface area contributed by atoms with Crippen LogP contribution in [0.3, 0.4) is 0 Å². The van der Waals surface area contributed by atoms with E-state index >= 15 is 0 Å². The number of nitrogens with zero attached hydrogens (tertiary/aromatic N) is 4. The third kappa shape index (κ3) is 7.35. The number of aromatic nitrogens is 3. The summed E-state index contributed by atoms with van der Waals surface area (Å²) >= 11 is 0. The van der Waals surface area contributed by atoms with Crippen LogP contribution in [-0.2, 0) is 27.9 Å². The molecule has 4 aromatic rings. The molecular formula is C39H47N7O6. The van der Waals surface area contributed by atoms with E-state index in [0.29, 0.717) is 36.6 Å². The SMILES string of the molecule is COc1cc(-c2cn(C)c(=O)c3[nH]ncc23)cc(OC)c1CC1CCN(C(=O)CC2CCN(c3ccc(NC4CCC(=O)NC4=O)cc3)CC2)CC1. The van der Waals surface area contributed by atoms with Crippen molar-refractivity contribution in [3.05, 3.63) is 64.7 Å². The fourth-order valence-corrected chi connectivity index (χ4v) is 7.97. The molecule has 5 heterocycles. The second kappa shape index (κ2) is 15.1. The molecule has 3 N–H and O–H groups in total. The molecule has 3 fully saturated rings. The summed E-state index contributed by atoms with van der Waals surface area (Å²) in [5, 5.41) is 13.3.